The van der Waals surface area contributed by atoms with Crippen molar-refractivity contribution in [1.82, 2.24) is 0 Å². The van der Waals surface area contributed by atoms with Crippen molar-refractivity contribution in [3.63, 3.8) is 0 Å². The molecule has 136 valence electrons. The molecular weight excluding hydrogens is 332 g/mol. The Morgan fingerprint density at radius 2 is 1.81 bits per heavy atom. The predicted molar refractivity (Wildman–Crippen MR) is 99.4 cm³/mol. The van der Waals surface area contributed by atoms with Gasteiger partial charge in [0.05, 0.1) is 18.1 Å². The SMILES string of the molecule is COc1ccc(N[C@H](c2ccc([N+](=O)[O-])cc2)[C@H]2CCCCC2=O)cc1. The van der Waals surface area contributed by atoms with Crippen molar-refractivity contribution in [3.05, 3.63) is 64.2 Å². The van der Waals surface area contributed by atoms with E-state index in [9.17, 15) is 14.9 Å². The van der Waals surface area contributed by atoms with E-state index in [4.69, 9.17) is 4.74 Å². The molecule has 2 aromatic carbocycles. The smallest absolute Gasteiger partial charge is 0.269 e. The van der Waals surface area contributed by atoms with Gasteiger partial charge < -0.3 is 10.1 Å². The third-order valence-electron chi connectivity index (χ3n) is 4.88. The van der Waals surface area contributed by atoms with E-state index in [1.165, 1.54) is 12.1 Å². The molecule has 3 rings (SSSR count). The number of ether oxygens (including phenoxy) is 1. The number of nitrogens with one attached hydrogen (secondary N) is 1. The minimum Gasteiger partial charge on any atom is -0.497 e. The molecule has 1 fully saturated rings. The van der Waals surface area contributed by atoms with Gasteiger partial charge in [-0.3, -0.25) is 14.9 Å². The number of benzene rings is 2. The van der Waals surface area contributed by atoms with E-state index in [-0.39, 0.29) is 23.4 Å². The van der Waals surface area contributed by atoms with Gasteiger partial charge in [0.2, 0.25) is 0 Å². The third-order valence-corrected chi connectivity index (χ3v) is 4.88. The molecule has 2 atom stereocenters. The van der Waals surface area contributed by atoms with E-state index in [1.54, 1.807) is 19.2 Å². The third kappa shape index (κ3) is 4.02. The highest BCUT2D eigenvalue weighted by molar-refractivity contribution is 5.83. The number of methoxy groups -OCH3 is 1. The van der Waals surface area contributed by atoms with Crippen molar-refractivity contribution in [3.8, 4) is 5.75 Å². The van der Waals surface area contributed by atoms with Crippen LogP contribution in [0.5, 0.6) is 5.75 Å². The van der Waals surface area contributed by atoms with Crippen LogP contribution in [0.25, 0.3) is 0 Å². The van der Waals surface area contributed by atoms with Gasteiger partial charge in [-0.1, -0.05) is 18.6 Å². The maximum Gasteiger partial charge on any atom is 0.269 e. The molecule has 0 unspecified atom stereocenters. The zero-order valence-electron chi connectivity index (χ0n) is 14.7. The number of carbonyl (C=O) groups excluding carboxylic acids is 1. The van der Waals surface area contributed by atoms with Crippen molar-refractivity contribution >= 4 is 17.2 Å². The zero-order valence-corrected chi connectivity index (χ0v) is 14.7. The monoisotopic (exact) mass is 354 g/mol. The van der Waals surface area contributed by atoms with E-state index in [2.05, 4.69) is 5.32 Å². The van der Waals surface area contributed by atoms with Gasteiger partial charge in [-0.25, -0.2) is 0 Å². The number of carbonyl (C=O) groups is 1. The van der Waals surface area contributed by atoms with E-state index >= 15 is 0 Å². The minimum atomic E-state index is -0.415. The van der Waals surface area contributed by atoms with Crippen molar-refractivity contribution in [1.29, 1.82) is 0 Å². The van der Waals surface area contributed by atoms with Crippen LogP contribution in [0.1, 0.15) is 37.3 Å². The van der Waals surface area contributed by atoms with E-state index in [0.29, 0.717) is 6.42 Å². The Kier molecular flexibility index (Phi) is 5.51. The van der Waals surface area contributed by atoms with Crippen LogP contribution in [-0.4, -0.2) is 17.8 Å². The van der Waals surface area contributed by atoms with Gasteiger partial charge in [0.25, 0.3) is 5.69 Å². The predicted octanol–water partition coefficient (Wildman–Crippen LogP) is 4.52. The molecule has 0 heterocycles. The summed E-state index contributed by atoms with van der Waals surface area (Å²) in [6.45, 7) is 0. The van der Waals surface area contributed by atoms with Crippen molar-refractivity contribution in [2.75, 3.05) is 12.4 Å². The normalized spacial score (nSPS) is 18.2. The molecule has 26 heavy (non-hydrogen) atoms. The molecular formula is C20H22N2O4. The molecule has 0 amide bonds. The molecule has 1 N–H and O–H groups in total. The molecule has 1 aliphatic rings. The number of hydrogen-bond acceptors (Lipinski definition) is 5. The van der Waals surface area contributed by atoms with Crippen LogP contribution in [-0.2, 0) is 4.79 Å². The fraction of sp³-hybridized carbons (Fsp3) is 0.350. The van der Waals surface area contributed by atoms with Gasteiger partial charge in [-0.05, 0) is 42.7 Å². The van der Waals surface area contributed by atoms with Gasteiger partial charge in [0, 0.05) is 30.2 Å². The number of nitro groups is 1. The molecule has 0 aromatic heterocycles. The summed E-state index contributed by atoms with van der Waals surface area (Å²) < 4.78 is 5.18. The van der Waals surface area contributed by atoms with Gasteiger partial charge >= 0.3 is 0 Å². The molecule has 1 saturated carbocycles. The Morgan fingerprint density at radius 3 is 2.38 bits per heavy atom. The lowest BCUT2D eigenvalue weighted by Gasteiger charge is -2.31. The topological polar surface area (TPSA) is 81.5 Å². The Hall–Kier alpha value is -2.89. The van der Waals surface area contributed by atoms with Crippen molar-refractivity contribution in [2.24, 2.45) is 5.92 Å². The summed E-state index contributed by atoms with van der Waals surface area (Å²) in [5, 5.41) is 14.4. The summed E-state index contributed by atoms with van der Waals surface area (Å²) in [4.78, 5) is 23.0. The number of nitrogens with zero attached hydrogens (tertiary/aromatic N) is 1. The lowest BCUT2D eigenvalue weighted by Crippen LogP contribution is -2.30. The van der Waals surface area contributed by atoms with Crippen LogP contribution < -0.4 is 10.1 Å². The molecule has 6 nitrogen and oxygen atoms in total. The Morgan fingerprint density at radius 1 is 1.12 bits per heavy atom. The summed E-state index contributed by atoms with van der Waals surface area (Å²) in [6, 6.07) is 13.8. The Labute approximate surface area is 152 Å². The second-order valence-electron chi connectivity index (χ2n) is 6.52. The van der Waals surface area contributed by atoms with Crippen LogP contribution in [0.2, 0.25) is 0 Å². The van der Waals surface area contributed by atoms with E-state index < -0.39 is 4.92 Å². The molecule has 6 heteroatoms. The summed E-state index contributed by atoms with van der Waals surface area (Å²) in [5.74, 6) is 0.879. The standard InChI is InChI=1S/C20H22N2O4/c1-26-17-12-8-15(9-13-17)21-20(18-4-2-3-5-19(18)23)14-6-10-16(11-7-14)22(24)25/h6-13,18,20-21H,2-5H2,1H3/t18-,20+/m0/s1. The van der Waals surface area contributed by atoms with E-state index in [0.717, 1.165) is 36.3 Å². The first kappa shape index (κ1) is 17.9. The average Bonchev–Trinajstić information content (AvgIpc) is 2.67. The molecule has 0 aliphatic heterocycles. The Bertz CT molecular complexity index is 771. The van der Waals surface area contributed by atoms with Gasteiger partial charge in [-0.15, -0.1) is 0 Å². The molecule has 1 aliphatic carbocycles. The minimum absolute atomic E-state index is 0.0481. The van der Waals surface area contributed by atoms with Crippen LogP contribution in [0.15, 0.2) is 48.5 Å². The zero-order chi connectivity index (χ0) is 18.5. The van der Waals surface area contributed by atoms with Gasteiger partial charge in [0.1, 0.15) is 11.5 Å². The number of Topliss-reactive ketones (excluding diaryl/α,β-unsaturated/α-hetero) is 1. The van der Waals surface area contributed by atoms with Crippen LogP contribution in [0, 0.1) is 16.0 Å². The first-order chi connectivity index (χ1) is 12.6. The largest absolute Gasteiger partial charge is 0.497 e. The van der Waals surface area contributed by atoms with Crippen LogP contribution >= 0.6 is 0 Å². The first-order valence-electron chi connectivity index (χ1n) is 8.76. The molecule has 0 bridgehead atoms. The van der Waals surface area contributed by atoms with E-state index in [1.807, 2.05) is 24.3 Å². The van der Waals surface area contributed by atoms with Crippen LogP contribution in [0.4, 0.5) is 11.4 Å². The Balaban J connectivity index is 1.89. The molecule has 0 spiro atoms. The van der Waals surface area contributed by atoms with Crippen molar-refractivity contribution in [2.45, 2.75) is 31.7 Å². The maximum absolute atomic E-state index is 12.5. The second kappa shape index (κ2) is 7.99. The molecule has 2 aromatic rings. The quantitative estimate of drug-likeness (QED) is 0.609. The fourth-order valence-corrected chi connectivity index (χ4v) is 3.45. The highest BCUT2D eigenvalue weighted by atomic mass is 16.6. The lowest BCUT2D eigenvalue weighted by molar-refractivity contribution is -0.384. The van der Waals surface area contributed by atoms with Crippen molar-refractivity contribution < 1.29 is 14.5 Å². The summed E-state index contributed by atoms with van der Waals surface area (Å²) >= 11 is 0. The number of anilines is 1. The van der Waals surface area contributed by atoms with Crippen LogP contribution in [0.3, 0.4) is 0 Å². The van der Waals surface area contributed by atoms with Gasteiger partial charge in [-0.2, -0.15) is 0 Å². The van der Waals surface area contributed by atoms with Gasteiger partial charge in [0.15, 0.2) is 0 Å². The summed E-state index contributed by atoms with van der Waals surface area (Å²) in [6.07, 6.45) is 3.37. The summed E-state index contributed by atoms with van der Waals surface area (Å²) in [7, 11) is 1.61. The fourth-order valence-electron chi connectivity index (χ4n) is 3.45. The molecule has 0 radical (unpaired) electrons. The number of non-ortho nitro benzene ring substituents is 1. The summed E-state index contributed by atoms with van der Waals surface area (Å²) in [5.41, 5.74) is 1.81. The number of ketones is 1. The highest BCUT2D eigenvalue weighted by Gasteiger charge is 2.31. The molecule has 0 saturated heterocycles. The second-order valence-corrected chi connectivity index (χ2v) is 6.52. The maximum atomic E-state index is 12.5. The lowest BCUT2D eigenvalue weighted by atomic mass is 9.80. The number of nitro benzene ring substituents is 1. The average molecular weight is 354 g/mol. The number of rotatable bonds is 6. The first-order valence-corrected chi connectivity index (χ1v) is 8.76. The number of hydrogen-bond donors (Lipinski definition) is 1. The highest BCUT2D eigenvalue weighted by Crippen LogP contribution is 2.35.